The Morgan fingerprint density at radius 2 is 1.66 bits per heavy atom. The summed E-state index contributed by atoms with van der Waals surface area (Å²) in [6.45, 7) is 0. The number of anilines is 2. The maximum atomic E-state index is 13.1. The van der Waals surface area contributed by atoms with Crippen molar-refractivity contribution in [3.63, 3.8) is 0 Å². The van der Waals surface area contributed by atoms with Crippen LogP contribution in [-0.4, -0.2) is 39.1 Å². The van der Waals surface area contributed by atoms with Gasteiger partial charge in [0.15, 0.2) is 0 Å². The summed E-state index contributed by atoms with van der Waals surface area (Å²) in [4.78, 5) is 15.1. The molecule has 3 aromatic rings. The van der Waals surface area contributed by atoms with Crippen LogP contribution in [0.4, 0.5) is 11.4 Å². The fourth-order valence-electron chi connectivity index (χ4n) is 3.27. The van der Waals surface area contributed by atoms with Crippen LogP contribution in [-0.2, 0) is 23.5 Å². The van der Waals surface area contributed by atoms with Crippen LogP contribution < -0.4 is 9.62 Å². The minimum atomic E-state index is -3.29. The van der Waals surface area contributed by atoms with Gasteiger partial charge in [-0.25, -0.2) is 8.42 Å². The first-order valence-electron chi connectivity index (χ1n) is 9.18. The van der Waals surface area contributed by atoms with Crippen LogP contribution in [0.5, 0.6) is 0 Å². The second-order valence-corrected chi connectivity index (χ2v) is 9.01. The fourth-order valence-corrected chi connectivity index (χ4v) is 3.83. The van der Waals surface area contributed by atoms with Gasteiger partial charge in [0.2, 0.25) is 15.8 Å². The summed E-state index contributed by atoms with van der Waals surface area (Å²) < 4.78 is 27.0. The van der Waals surface area contributed by atoms with Gasteiger partial charge in [0.25, 0.3) is 0 Å². The van der Waals surface area contributed by atoms with Crippen molar-refractivity contribution in [3.05, 3.63) is 83.2 Å². The van der Waals surface area contributed by atoms with Gasteiger partial charge in [-0.05, 0) is 42.0 Å². The average molecular weight is 412 g/mol. The van der Waals surface area contributed by atoms with E-state index in [-0.39, 0.29) is 5.78 Å². The summed E-state index contributed by atoms with van der Waals surface area (Å²) >= 11 is 0. The number of benzene rings is 2. The number of carbonyl (C=O) groups is 1. The van der Waals surface area contributed by atoms with E-state index >= 15 is 0 Å². The average Bonchev–Trinajstić information content (AvgIpc) is 3.02. The Balaban J connectivity index is 1.82. The van der Waals surface area contributed by atoms with E-state index < -0.39 is 10.0 Å². The predicted octanol–water partition coefficient (Wildman–Crippen LogP) is 3.28. The van der Waals surface area contributed by atoms with Crippen molar-refractivity contribution < 1.29 is 13.2 Å². The van der Waals surface area contributed by atoms with Gasteiger partial charge in [-0.2, -0.15) is 0 Å². The molecule has 2 aromatic carbocycles. The van der Waals surface area contributed by atoms with E-state index in [2.05, 4.69) is 4.72 Å². The molecule has 0 saturated carbocycles. The highest BCUT2D eigenvalue weighted by Crippen LogP contribution is 2.23. The van der Waals surface area contributed by atoms with Gasteiger partial charge in [-0.3, -0.25) is 9.52 Å². The molecule has 0 radical (unpaired) electrons. The van der Waals surface area contributed by atoms with Crippen molar-refractivity contribution in [2.24, 2.45) is 7.05 Å². The summed E-state index contributed by atoms with van der Waals surface area (Å²) in [5, 5.41) is 0. The Hall–Kier alpha value is -3.06. The molecule has 0 aliphatic carbocycles. The van der Waals surface area contributed by atoms with Crippen LogP contribution in [0.1, 0.15) is 27.3 Å². The topological polar surface area (TPSA) is 71.4 Å². The third-order valence-electron chi connectivity index (χ3n) is 4.73. The predicted molar refractivity (Wildman–Crippen MR) is 117 cm³/mol. The summed E-state index contributed by atoms with van der Waals surface area (Å²) in [5.74, 6) is -0.0178. The smallest absolute Gasteiger partial charge is 0.229 e. The first kappa shape index (κ1) is 20.7. The number of para-hydroxylation sites is 1. The number of rotatable bonds is 7. The molecule has 29 heavy (non-hydrogen) atoms. The highest BCUT2D eigenvalue weighted by molar-refractivity contribution is 7.92. The second-order valence-electron chi connectivity index (χ2n) is 7.26. The Labute approximate surface area is 171 Å². The SMILES string of the molecule is CN(C)c1ccccc1C(=O)c1ccc(Cc2ccc(NS(C)(=O)=O)cc2)n1C. The quantitative estimate of drug-likeness (QED) is 0.606. The highest BCUT2D eigenvalue weighted by Gasteiger charge is 2.18. The van der Waals surface area contributed by atoms with E-state index in [4.69, 9.17) is 0 Å². The van der Waals surface area contributed by atoms with E-state index in [0.717, 1.165) is 23.2 Å². The minimum Gasteiger partial charge on any atom is -0.377 e. The van der Waals surface area contributed by atoms with Crippen LogP contribution in [0, 0.1) is 0 Å². The molecule has 0 saturated heterocycles. The molecular formula is C22H25N3O3S. The number of hydrogen-bond acceptors (Lipinski definition) is 4. The lowest BCUT2D eigenvalue weighted by molar-refractivity contribution is 0.103. The molecule has 0 aliphatic heterocycles. The Kier molecular flexibility index (Phi) is 5.79. The van der Waals surface area contributed by atoms with E-state index in [1.807, 2.05) is 79.1 Å². The van der Waals surface area contributed by atoms with Gasteiger partial charge in [-0.1, -0.05) is 24.3 Å². The van der Waals surface area contributed by atoms with E-state index in [0.29, 0.717) is 23.4 Å². The first-order valence-corrected chi connectivity index (χ1v) is 11.1. The Morgan fingerprint density at radius 1 is 1.00 bits per heavy atom. The number of sulfonamides is 1. The van der Waals surface area contributed by atoms with E-state index in [1.165, 1.54) is 0 Å². The molecule has 0 spiro atoms. The van der Waals surface area contributed by atoms with Crippen LogP contribution in [0.25, 0.3) is 0 Å². The molecule has 0 fully saturated rings. The van der Waals surface area contributed by atoms with E-state index in [1.54, 1.807) is 12.1 Å². The maximum Gasteiger partial charge on any atom is 0.229 e. The van der Waals surface area contributed by atoms with Crippen molar-refractivity contribution in [2.75, 3.05) is 30.0 Å². The van der Waals surface area contributed by atoms with Crippen molar-refractivity contribution in [1.82, 2.24) is 4.57 Å². The molecule has 0 aliphatic rings. The number of carbonyl (C=O) groups excluding carboxylic acids is 1. The summed E-state index contributed by atoms with van der Waals surface area (Å²) in [6.07, 6.45) is 1.76. The number of nitrogens with one attached hydrogen (secondary N) is 1. The zero-order valence-corrected chi connectivity index (χ0v) is 17.8. The van der Waals surface area contributed by atoms with Gasteiger partial charge in [-0.15, -0.1) is 0 Å². The number of nitrogens with zero attached hydrogens (tertiary/aromatic N) is 2. The summed E-state index contributed by atoms with van der Waals surface area (Å²) in [7, 11) is 2.44. The van der Waals surface area contributed by atoms with Gasteiger partial charge < -0.3 is 9.47 Å². The van der Waals surface area contributed by atoms with Gasteiger partial charge in [0.1, 0.15) is 0 Å². The fraction of sp³-hybridized carbons (Fsp3) is 0.227. The molecule has 0 amide bonds. The van der Waals surface area contributed by atoms with Gasteiger partial charge >= 0.3 is 0 Å². The third kappa shape index (κ3) is 4.86. The number of aromatic nitrogens is 1. The highest BCUT2D eigenvalue weighted by atomic mass is 32.2. The molecule has 1 heterocycles. The van der Waals surface area contributed by atoms with Crippen LogP contribution >= 0.6 is 0 Å². The standard InChI is InChI=1S/C22H25N3O3S/c1-24(2)20-8-6-5-7-19(20)22(26)21-14-13-18(25(21)3)15-16-9-11-17(12-10-16)23-29(4,27)28/h5-14,23H,15H2,1-4H3. The molecule has 152 valence electrons. The largest absolute Gasteiger partial charge is 0.377 e. The van der Waals surface area contributed by atoms with E-state index in [9.17, 15) is 13.2 Å². The molecule has 6 nitrogen and oxygen atoms in total. The maximum absolute atomic E-state index is 13.1. The normalized spacial score (nSPS) is 11.3. The molecule has 7 heteroatoms. The molecule has 0 unspecified atom stereocenters. The van der Waals surface area contributed by atoms with Gasteiger partial charge in [0.05, 0.1) is 11.9 Å². The minimum absolute atomic E-state index is 0.0178. The van der Waals surface area contributed by atoms with Crippen LogP contribution in [0.15, 0.2) is 60.7 Å². The van der Waals surface area contributed by atoms with Crippen molar-refractivity contribution in [1.29, 1.82) is 0 Å². The molecule has 1 aromatic heterocycles. The van der Waals surface area contributed by atoms with Crippen LogP contribution in [0.3, 0.4) is 0 Å². The Morgan fingerprint density at radius 3 is 2.28 bits per heavy atom. The lowest BCUT2D eigenvalue weighted by atomic mass is 10.1. The molecular weight excluding hydrogens is 386 g/mol. The first-order chi connectivity index (χ1) is 13.7. The van der Waals surface area contributed by atoms with Crippen molar-refractivity contribution in [2.45, 2.75) is 6.42 Å². The molecule has 1 N–H and O–H groups in total. The summed E-state index contributed by atoms with van der Waals surface area (Å²) in [5.41, 5.74) is 4.73. The zero-order chi connectivity index (χ0) is 21.2. The second kappa shape index (κ2) is 8.13. The molecule has 3 rings (SSSR count). The Bertz CT molecular complexity index is 1130. The van der Waals surface area contributed by atoms with Crippen molar-refractivity contribution >= 4 is 27.2 Å². The van der Waals surface area contributed by atoms with Crippen molar-refractivity contribution in [3.8, 4) is 0 Å². The number of ketones is 1. The van der Waals surface area contributed by atoms with Gasteiger partial charge in [0, 0.05) is 50.2 Å². The zero-order valence-electron chi connectivity index (χ0n) is 17.0. The van der Waals surface area contributed by atoms with Crippen LogP contribution in [0.2, 0.25) is 0 Å². The third-order valence-corrected chi connectivity index (χ3v) is 5.34. The molecule has 0 atom stereocenters. The monoisotopic (exact) mass is 411 g/mol. The lowest BCUT2D eigenvalue weighted by Gasteiger charge is -2.17. The summed E-state index contributed by atoms with van der Waals surface area (Å²) in [6, 6.07) is 18.6. The molecule has 0 bridgehead atoms. The lowest BCUT2D eigenvalue weighted by Crippen LogP contribution is -2.16. The number of hydrogen-bond donors (Lipinski definition) is 1.